The molecule has 0 N–H and O–H groups in total. The van der Waals surface area contributed by atoms with Crippen molar-refractivity contribution in [3.05, 3.63) is 53.8 Å². The Morgan fingerprint density at radius 2 is 1.96 bits per heavy atom. The fraction of sp³-hybridized carbons (Fsp3) is 0.316. The average molecular weight is 420 g/mol. The summed E-state index contributed by atoms with van der Waals surface area (Å²) in [6.07, 6.45) is 0. The number of fused-ring (bicyclic) bond motifs is 2. The number of hydrogen-bond donors (Lipinski definition) is 0. The van der Waals surface area contributed by atoms with Gasteiger partial charge in [-0.2, -0.15) is 0 Å². The Kier molecular flexibility index (Phi) is 4.24. The molecule has 0 spiro atoms. The zero-order valence-electron chi connectivity index (χ0n) is 14.7. The second kappa shape index (κ2) is 6.66. The Labute approximate surface area is 166 Å². The fourth-order valence-corrected chi connectivity index (χ4v) is 6.68. The van der Waals surface area contributed by atoms with Crippen LogP contribution in [0.3, 0.4) is 0 Å². The molecule has 0 saturated carbocycles. The van der Waals surface area contributed by atoms with E-state index in [0.717, 1.165) is 5.69 Å². The molecule has 0 amide bonds. The van der Waals surface area contributed by atoms with Crippen LogP contribution in [-0.2, 0) is 15.6 Å². The summed E-state index contributed by atoms with van der Waals surface area (Å²) in [5.41, 5.74) is 1.39. The van der Waals surface area contributed by atoms with Gasteiger partial charge in [0.2, 0.25) is 6.79 Å². The Bertz CT molecular complexity index is 1070. The molecule has 1 saturated heterocycles. The fourth-order valence-electron chi connectivity index (χ4n) is 3.73. The van der Waals surface area contributed by atoms with E-state index in [-0.39, 0.29) is 36.2 Å². The van der Waals surface area contributed by atoms with Crippen LogP contribution in [0.5, 0.6) is 11.5 Å². The average Bonchev–Trinajstić information content (AvgIpc) is 3.32. The largest absolute Gasteiger partial charge is 0.454 e. The van der Waals surface area contributed by atoms with Crippen molar-refractivity contribution >= 4 is 32.5 Å². The molecular weight excluding hydrogens is 403 g/mol. The summed E-state index contributed by atoms with van der Waals surface area (Å²) >= 11 is 1.41. The maximum atomic E-state index is 14.0. The summed E-state index contributed by atoms with van der Waals surface area (Å²) in [6.45, 7) is 0.169. The number of benzene rings is 2. The Morgan fingerprint density at radius 3 is 2.82 bits per heavy atom. The monoisotopic (exact) mass is 420 g/mol. The van der Waals surface area contributed by atoms with Gasteiger partial charge in [0, 0.05) is 17.5 Å². The van der Waals surface area contributed by atoms with Crippen LogP contribution in [0.2, 0.25) is 0 Å². The van der Waals surface area contributed by atoms with Crippen molar-refractivity contribution in [2.45, 2.75) is 17.8 Å². The summed E-state index contributed by atoms with van der Waals surface area (Å²) in [5, 5.41) is 0.701. The van der Waals surface area contributed by atoms with Crippen molar-refractivity contribution in [1.29, 1.82) is 0 Å². The standard InChI is InChI=1S/C19H17FN2O4S2/c20-14-4-2-1-3-12(14)8-27-19-21-15-9-28(23,24)10-16(15)22(19)13-5-6-17-18(7-13)26-11-25-17/h1-7,15-16H,8-11H2/t15-,16-/m1/s1. The van der Waals surface area contributed by atoms with Gasteiger partial charge in [0.1, 0.15) is 5.82 Å². The first-order chi connectivity index (χ1) is 13.5. The molecule has 2 aromatic carbocycles. The molecule has 1 fully saturated rings. The molecule has 3 aliphatic heterocycles. The summed E-state index contributed by atoms with van der Waals surface area (Å²) in [5.74, 6) is 1.54. The van der Waals surface area contributed by atoms with Crippen LogP contribution in [0.15, 0.2) is 47.5 Å². The van der Waals surface area contributed by atoms with Crippen LogP contribution in [0.1, 0.15) is 5.56 Å². The van der Waals surface area contributed by atoms with E-state index in [0.29, 0.717) is 28.0 Å². The normalized spacial score (nSPS) is 24.3. The summed E-state index contributed by atoms with van der Waals surface area (Å²) in [7, 11) is -3.13. The lowest BCUT2D eigenvalue weighted by atomic mass is 10.1. The van der Waals surface area contributed by atoms with E-state index in [1.807, 2.05) is 23.1 Å². The van der Waals surface area contributed by atoms with Gasteiger partial charge in [-0.15, -0.1) is 0 Å². The van der Waals surface area contributed by atoms with Crippen molar-refractivity contribution in [2.75, 3.05) is 23.2 Å². The van der Waals surface area contributed by atoms with E-state index < -0.39 is 9.84 Å². The number of rotatable bonds is 3. The van der Waals surface area contributed by atoms with E-state index >= 15 is 0 Å². The van der Waals surface area contributed by atoms with Gasteiger partial charge < -0.3 is 14.4 Å². The minimum absolute atomic E-state index is 0.0441. The molecule has 9 heteroatoms. The quantitative estimate of drug-likeness (QED) is 0.761. The smallest absolute Gasteiger partial charge is 0.231 e. The minimum atomic E-state index is -3.13. The van der Waals surface area contributed by atoms with Crippen molar-refractivity contribution in [1.82, 2.24) is 0 Å². The number of sulfone groups is 1. The summed E-state index contributed by atoms with van der Waals surface area (Å²) in [6, 6.07) is 11.6. The molecule has 0 unspecified atom stereocenters. The molecule has 3 aliphatic rings. The number of halogens is 1. The first-order valence-corrected chi connectivity index (χ1v) is 11.6. The highest BCUT2D eigenvalue weighted by Crippen LogP contribution is 2.41. The van der Waals surface area contributed by atoms with Gasteiger partial charge in [-0.1, -0.05) is 30.0 Å². The van der Waals surface area contributed by atoms with Gasteiger partial charge in [-0.25, -0.2) is 12.8 Å². The summed E-state index contributed by atoms with van der Waals surface area (Å²) in [4.78, 5) is 6.62. The zero-order chi connectivity index (χ0) is 19.3. The molecule has 0 bridgehead atoms. The highest BCUT2D eigenvalue weighted by Gasteiger charge is 2.47. The van der Waals surface area contributed by atoms with E-state index in [4.69, 9.17) is 9.47 Å². The lowest BCUT2D eigenvalue weighted by molar-refractivity contribution is 0.174. The molecule has 5 rings (SSSR count). The number of anilines is 1. The lowest BCUT2D eigenvalue weighted by Gasteiger charge is -2.26. The van der Waals surface area contributed by atoms with Gasteiger partial charge in [-0.05, 0) is 23.8 Å². The Morgan fingerprint density at radius 1 is 1.14 bits per heavy atom. The summed E-state index contributed by atoms with van der Waals surface area (Å²) < 4.78 is 49.1. The van der Waals surface area contributed by atoms with Crippen molar-refractivity contribution < 1.29 is 22.3 Å². The number of aliphatic imine (C=N–C) groups is 1. The van der Waals surface area contributed by atoms with Crippen molar-refractivity contribution in [3.8, 4) is 11.5 Å². The van der Waals surface area contributed by atoms with Gasteiger partial charge in [-0.3, -0.25) is 4.99 Å². The highest BCUT2D eigenvalue weighted by atomic mass is 32.2. The predicted molar refractivity (Wildman–Crippen MR) is 106 cm³/mol. The third-order valence-electron chi connectivity index (χ3n) is 5.06. The number of thioether (sulfide) groups is 1. The Hall–Kier alpha value is -2.26. The van der Waals surface area contributed by atoms with Crippen LogP contribution in [-0.4, -0.2) is 44.0 Å². The predicted octanol–water partition coefficient (Wildman–Crippen LogP) is 2.83. The third-order valence-corrected chi connectivity index (χ3v) is 7.77. The molecular formula is C19H17FN2O4S2. The molecule has 2 aromatic rings. The van der Waals surface area contributed by atoms with Crippen molar-refractivity contribution in [2.24, 2.45) is 4.99 Å². The number of hydrogen-bond acceptors (Lipinski definition) is 7. The van der Waals surface area contributed by atoms with Crippen molar-refractivity contribution in [3.63, 3.8) is 0 Å². The van der Waals surface area contributed by atoms with Crippen LogP contribution in [0.4, 0.5) is 10.1 Å². The van der Waals surface area contributed by atoms with Gasteiger partial charge in [0.25, 0.3) is 0 Å². The second-order valence-electron chi connectivity index (χ2n) is 6.91. The van der Waals surface area contributed by atoms with Gasteiger partial charge in [0.15, 0.2) is 26.5 Å². The molecule has 0 aliphatic carbocycles. The van der Waals surface area contributed by atoms with E-state index in [1.165, 1.54) is 17.8 Å². The van der Waals surface area contributed by atoms with E-state index in [1.54, 1.807) is 18.2 Å². The van der Waals surface area contributed by atoms with Gasteiger partial charge >= 0.3 is 0 Å². The van der Waals surface area contributed by atoms with E-state index in [2.05, 4.69) is 4.99 Å². The SMILES string of the molecule is O=S1(=O)C[C@@H]2[C@@H](C1)N=C(SCc1ccccc1F)N2c1ccc2c(c1)OCO2. The molecule has 6 nitrogen and oxygen atoms in total. The van der Waals surface area contributed by atoms with Crippen LogP contribution in [0, 0.1) is 5.82 Å². The topological polar surface area (TPSA) is 68.2 Å². The van der Waals surface area contributed by atoms with E-state index in [9.17, 15) is 12.8 Å². The zero-order valence-corrected chi connectivity index (χ0v) is 16.4. The van der Waals surface area contributed by atoms with Crippen LogP contribution in [0.25, 0.3) is 0 Å². The molecule has 28 heavy (non-hydrogen) atoms. The molecule has 0 radical (unpaired) electrons. The molecule has 146 valence electrons. The highest BCUT2D eigenvalue weighted by molar-refractivity contribution is 8.13. The number of nitrogens with zero attached hydrogens (tertiary/aromatic N) is 2. The maximum Gasteiger partial charge on any atom is 0.231 e. The molecule has 2 atom stereocenters. The van der Waals surface area contributed by atoms with Gasteiger partial charge in [0.05, 0.1) is 23.6 Å². The second-order valence-corrected chi connectivity index (χ2v) is 10.0. The number of amidine groups is 1. The maximum absolute atomic E-state index is 14.0. The van der Waals surface area contributed by atoms with Crippen LogP contribution < -0.4 is 14.4 Å². The first kappa shape index (κ1) is 17.8. The molecule has 3 heterocycles. The number of ether oxygens (including phenoxy) is 2. The third kappa shape index (κ3) is 3.12. The van der Waals surface area contributed by atoms with Crippen LogP contribution >= 0.6 is 11.8 Å². The first-order valence-electron chi connectivity index (χ1n) is 8.83. The molecule has 0 aromatic heterocycles. The Balaban J connectivity index is 1.46. The lowest BCUT2D eigenvalue weighted by Crippen LogP contribution is -2.39. The minimum Gasteiger partial charge on any atom is -0.454 e.